The molecule has 1 amide bonds. The van der Waals surface area contributed by atoms with Crippen LogP contribution >= 0.6 is 11.3 Å². The summed E-state index contributed by atoms with van der Waals surface area (Å²) in [5, 5.41) is 6.48. The number of nitrogens with zero attached hydrogens (tertiary/aromatic N) is 3. The molecule has 4 heterocycles. The predicted molar refractivity (Wildman–Crippen MR) is 148 cm³/mol. The van der Waals surface area contributed by atoms with E-state index in [1.807, 2.05) is 40.9 Å². The summed E-state index contributed by atoms with van der Waals surface area (Å²) in [6, 6.07) is 11.3. The van der Waals surface area contributed by atoms with Crippen LogP contribution in [-0.2, 0) is 0 Å². The van der Waals surface area contributed by atoms with Crippen molar-refractivity contribution >= 4 is 32.4 Å². The second kappa shape index (κ2) is 11.1. The summed E-state index contributed by atoms with van der Waals surface area (Å²) in [4.78, 5) is 20.4. The van der Waals surface area contributed by atoms with Crippen molar-refractivity contribution in [2.75, 3.05) is 32.7 Å². The summed E-state index contributed by atoms with van der Waals surface area (Å²) in [6.45, 7) is 4.03. The first-order valence-electron chi connectivity index (χ1n) is 13.6. The summed E-state index contributed by atoms with van der Waals surface area (Å²) in [6.07, 6.45) is 6.64. The Bertz CT molecular complexity index is 1440. The highest BCUT2D eigenvalue weighted by Gasteiger charge is 2.20. The van der Waals surface area contributed by atoms with E-state index in [4.69, 9.17) is 4.98 Å². The molecule has 6 nitrogen and oxygen atoms in total. The van der Waals surface area contributed by atoms with Gasteiger partial charge in [-0.2, -0.15) is 0 Å². The molecule has 2 aromatic heterocycles. The molecule has 2 aliphatic heterocycles. The number of carbonyl (C=O) groups is 1. The van der Waals surface area contributed by atoms with Gasteiger partial charge < -0.3 is 15.5 Å². The Morgan fingerprint density at radius 1 is 1.13 bits per heavy atom. The fraction of sp³-hybridized carbons (Fsp3) is 0.448. The minimum Gasteiger partial charge on any atom is -0.352 e. The van der Waals surface area contributed by atoms with Crippen molar-refractivity contribution in [1.29, 1.82) is 0 Å². The lowest BCUT2D eigenvalue weighted by Crippen LogP contribution is -2.36. The average molecular weight is 538 g/mol. The molecule has 9 heteroatoms. The first kappa shape index (κ1) is 25.4. The van der Waals surface area contributed by atoms with Crippen LogP contribution in [0.1, 0.15) is 60.5 Å². The molecular weight excluding hydrogens is 504 g/mol. The molecule has 0 bridgehead atoms. The summed E-state index contributed by atoms with van der Waals surface area (Å²) in [5.41, 5.74) is 3.65. The highest BCUT2D eigenvalue weighted by molar-refractivity contribution is 7.23. The van der Waals surface area contributed by atoms with Gasteiger partial charge in [-0.1, -0.05) is 23.8 Å². The predicted octanol–water partition coefficient (Wildman–Crippen LogP) is 5.72. The van der Waals surface area contributed by atoms with Crippen LogP contribution in [0.25, 0.3) is 26.4 Å². The van der Waals surface area contributed by atoms with Gasteiger partial charge in [0.2, 0.25) is 0 Å². The van der Waals surface area contributed by atoms with Gasteiger partial charge in [-0.15, -0.1) is 0 Å². The number of alkyl halides is 1. The van der Waals surface area contributed by atoms with E-state index < -0.39 is 6.17 Å². The highest BCUT2D eigenvalue weighted by Crippen LogP contribution is 2.32. The van der Waals surface area contributed by atoms with Gasteiger partial charge in [0.05, 0.1) is 15.9 Å². The van der Waals surface area contributed by atoms with Crippen molar-refractivity contribution in [2.45, 2.75) is 50.7 Å². The van der Waals surface area contributed by atoms with Gasteiger partial charge in [0.25, 0.3) is 5.91 Å². The van der Waals surface area contributed by atoms with E-state index in [1.165, 1.54) is 17.8 Å². The number of hydrogen-bond donors (Lipinski definition) is 2. The van der Waals surface area contributed by atoms with Gasteiger partial charge in [0.1, 0.15) is 12.0 Å². The number of piperidine rings is 2. The molecule has 0 unspecified atom stereocenters. The van der Waals surface area contributed by atoms with Gasteiger partial charge >= 0.3 is 0 Å². The van der Waals surface area contributed by atoms with Crippen LogP contribution in [0, 0.1) is 5.82 Å². The smallest absolute Gasteiger partial charge is 0.251 e. The summed E-state index contributed by atoms with van der Waals surface area (Å²) in [7, 11) is 0. The van der Waals surface area contributed by atoms with Crippen LogP contribution in [0.15, 0.2) is 42.6 Å². The lowest BCUT2D eigenvalue weighted by molar-refractivity contribution is 0.0950. The van der Waals surface area contributed by atoms with Crippen LogP contribution in [0.5, 0.6) is 0 Å². The van der Waals surface area contributed by atoms with Crippen LogP contribution < -0.4 is 10.6 Å². The molecule has 0 radical (unpaired) electrons. The molecule has 0 saturated carbocycles. The number of likely N-dealkylation sites (tertiary alicyclic amines) is 1. The number of aromatic nitrogens is 2. The van der Waals surface area contributed by atoms with Crippen molar-refractivity contribution in [3.8, 4) is 11.3 Å². The molecule has 2 saturated heterocycles. The fourth-order valence-corrected chi connectivity index (χ4v) is 6.64. The topological polar surface area (TPSA) is 61.7 Å². The molecule has 38 heavy (non-hydrogen) atoms. The Morgan fingerprint density at radius 2 is 2.00 bits per heavy atom. The molecule has 1 atom stereocenters. The maximum absolute atomic E-state index is 15.1. The molecule has 4 aromatic rings. The molecule has 2 aliphatic rings. The number of amides is 1. The zero-order valence-electron chi connectivity index (χ0n) is 21.4. The summed E-state index contributed by atoms with van der Waals surface area (Å²) >= 11 is 1.49. The SMILES string of the molecule is O=C(NCCCN1CCC(F)CC1)c1ccc2c(c1)sc1nc(-c3ccc([C@@H]4CCCCN4)cc3F)cn12. The third-order valence-corrected chi connectivity index (χ3v) is 8.81. The Hall–Kier alpha value is -2.88. The van der Waals surface area contributed by atoms with E-state index in [0.29, 0.717) is 36.2 Å². The van der Waals surface area contributed by atoms with Crippen molar-refractivity contribution < 1.29 is 13.6 Å². The van der Waals surface area contributed by atoms with Gasteiger partial charge in [-0.3, -0.25) is 9.20 Å². The van der Waals surface area contributed by atoms with Crippen molar-refractivity contribution in [3.63, 3.8) is 0 Å². The minimum atomic E-state index is -0.663. The van der Waals surface area contributed by atoms with Crippen LogP contribution in [-0.4, -0.2) is 59.1 Å². The van der Waals surface area contributed by atoms with Gasteiger partial charge in [0, 0.05) is 43.0 Å². The summed E-state index contributed by atoms with van der Waals surface area (Å²) < 4.78 is 31.3. The maximum atomic E-state index is 15.1. The normalized spacial score (nSPS) is 19.4. The molecule has 0 aliphatic carbocycles. The highest BCUT2D eigenvalue weighted by atomic mass is 32.1. The molecular formula is C29H33F2N5OS. The standard InChI is InChI=1S/C29H33F2N5OS/c30-21-9-14-35(15-10-21)13-3-12-33-28(37)20-6-8-26-27(17-20)38-29-34-25(18-36(26)29)22-7-5-19(16-23(22)31)24-4-1-2-11-32-24/h5-8,16-18,21,24,32H,1-4,9-15H2,(H,33,37)/t24-/m0/s1. The molecule has 6 rings (SSSR count). The number of halogens is 2. The number of thiazole rings is 1. The van der Waals surface area contributed by atoms with Gasteiger partial charge in [-0.05, 0) is 81.1 Å². The first-order chi connectivity index (χ1) is 18.5. The third-order valence-electron chi connectivity index (χ3n) is 7.79. The van der Waals surface area contributed by atoms with E-state index in [0.717, 1.165) is 66.2 Å². The second-order valence-corrected chi connectivity index (χ2v) is 11.4. The van der Waals surface area contributed by atoms with Gasteiger partial charge in [-0.25, -0.2) is 13.8 Å². The van der Waals surface area contributed by atoms with Crippen LogP contribution in [0.2, 0.25) is 0 Å². The van der Waals surface area contributed by atoms with E-state index in [9.17, 15) is 9.18 Å². The number of rotatable bonds is 7. The maximum Gasteiger partial charge on any atom is 0.251 e. The Morgan fingerprint density at radius 3 is 2.79 bits per heavy atom. The number of nitrogens with one attached hydrogen (secondary N) is 2. The Balaban J connectivity index is 1.11. The largest absolute Gasteiger partial charge is 0.352 e. The first-order valence-corrected chi connectivity index (χ1v) is 14.5. The number of benzene rings is 2. The zero-order chi connectivity index (χ0) is 26.1. The molecule has 200 valence electrons. The van der Waals surface area contributed by atoms with Crippen molar-refractivity contribution in [1.82, 2.24) is 24.9 Å². The lowest BCUT2D eigenvalue weighted by atomic mass is 9.96. The van der Waals surface area contributed by atoms with Gasteiger partial charge in [0.15, 0.2) is 4.96 Å². The third kappa shape index (κ3) is 5.32. The van der Waals surface area contributed by atoms with E-state index in [2.05, 4.69) is 15.5 Å². The Labute approximate surface area is 225 Å². The number of hydrogen-bond acceptors (Lipinski definition) is 5. The molecule has 0 spiro atoms. The number of imidazole rings is 1. The lowest BCUT2D eigenvalue weighted by Gasteiger charge is -2.28. The molecule has 2 aromatic carbocycles. The molecule has 2 N–H and O–H groups in total. The van der Waals surface area contributed by atoms with E-state index in [1.54, 1.807) is 6.07 Å². The number of fused-ring (bicyclic) bond motifs is 3. The van der Waals surface area contributed by atoms with Crippen LogP contribution in [0.4, 0.5) is 8.78 Å². The van der Waals surface area contributed by atoms with E-state index in [-0.39, 0.29) is 17.8 Å². The average Bonchev–Trinajstić information content (AvgIpc) is 3.50. The van der Waals surface area contributed by atoms with Crippen molar-refractivity contribution in [3.05, 3.63) is 59.5 Å². The Kier molecular flexibility index (Phi) is 7.41. The molecule has 2 fully saturated rings. The zero-order valence-corrected chi connectivity index (χ0v) is 22.2. The van der Waals surface area contributed by atoms with Crippen LogP contribution in [0.3, 0.4) is 0 Å². The quantitative estimate of drug-likeness (QED) is 0.296. The van der Waals surface area contributed by atoms with Crippen molar-refractivity contribution in [2.24, 2.45) is 0 Å². The monoisotopic (exact) mass is 537 g/mol. The minimum absolute atomic E-state index is 0.101. The second-order valence-electron chi connectivity index (χ2n) is 10.4. The fourth-order valence-electron chi connectivity index (χ4n) is 5.60. The van der Waals surface area contributed by atoms with E-state index >= 15 is 4.39 Å². The summed E-state index contributed by atoms with van der Waals surface area (Å²) in [5.74, 6) is -0.355. The number of carbonyl (C=O) groups excluding carboxylic acids is 1.